The van der Waals surface area contributed by atoms with Crippen LogP contribution in [0.1, 0.15) is 35.4 Å². The zero-order valence-corrected chi connectivity index (χ0v) is 15.0. The molecule has 4 heterocycles. The smallest absolute Gasteiger partial charge is 0.289 e. The summed E-state index contributed by atoms with van der Waals surface area (Å²) >= 11 is 0. The summed E-state index contributed by atoms with van der Waals surface area (Å²) in [5.74, 6) is 1.14. The molecule has 2 aromatic rings. The van der Waals surface area contributed by atoms with Gasteiger partial charge < -0.3 is 18.8 Å². The van der Waals surface area contributed by atoms with E-state index in [1.807, 2.05) is 30.0 Å². The summed E-state index contributed by atoms with van der Waals surface area (Å²) in [7, 11) is 0. The van der Waals surface area contributed by atoms with Gasteiger partial charge in [-0.2, -0.15) is 0 Å². The summed E-state index contributed by atoms with van der Waals surface area (Å²) in [6.45, 7) is 4.50. The Morgan fingerprint density at radius 1 is 1.46 bits per heavy atom. The molecule has 1 amide bonds. The Balaban J connectivity index is 1.53. The summed E-state index contributed by atoms with van der Waals surface area (Å²) < 4.78 is 17.5. The highest BCUT2D eigenvalue weighted by Crippen LogP contribution is 2.41. The Morgan fingerprint density at radius 2 is 2.38 bits per heavy atom. The molecular formula is C20H24N2O4. The van der Waals surface area contributed by atoms with Crippen LogP contribution >= 0.6 is 0 Å². The molecule has 2 aromatic heterocycles. The predicted molar refractivity (Wildman–Crippen MR) is 95.1 cm³/mol. The molecule has 2 fully saturated rings. The second-order valence-corrected chi connectivity index (χ2v) is 7.25. The van der Waals surface area contributed by atoms with Crippen molar-refractivity contribution in [1.29, 1.82) is 0 Å². The fourth-order valence-corrected chi connectivity index (χ4v) is 4.07. The van der Waals surface area contributed by atoms with E-state index >= 15 is 0 Å². The first-order chi connectivity index (χ1) is 12.7. The van der Waals surface area contributed by atoms with Gasteiger partial charge in [-0.3, -0.25) is 9.78 Å². The Labute approximate surface area is 153 Å². The summed E-state index contributed by atoms with van der Waals surface area (Å²) in [5, 5.41) is 0. The topological polar surface area (TPSA) is 64.8 Å². The van der Waals surface area contributed by atoms with Gasteiger partial charge in [-0.15, -0.1) is 0 Å². The van der Waals surface area contributed by atoms with Crippen molar-refractivity contribution in [2.45, 2.75) is 32.3 Å². The maximum absolute atomic E-state index is 12.9. The number of piperidine rings is 1. The van der Waals surface area contributed by atoms with Crippen LogP contribution in [0.25, 0.3) is 0 Å². The van der Waals surface area contributed by atoms with Gasteiger partial charge in [-0.25, -0.2) is 0 Å². The molecule has 0 aliphatic carbocycles. The van der Waals surface area contributed by atoms with E-state index in [0.29, 0.717) is 25.5 Å². The molecular weight excluding hydrogens is 332 g/mol. The first-order valence-corrected chi connectivity index (χ1v) is 9.16. The largest absolute Gasteiger partial charge is 0.491 e. The van der Waals surface area contributed by atoms with Crippen LogP contribution in [0.4, 0.5) is 0 Å². The Morgan fingerprint density at radius 3 is 3.15 bits per heavy atom. The van der Waals surface area contributed by atoms with Gasteiger partial charge in [0.05, 0.1) is 25.2 Å². The SMILES string of the molecule is Cc1ccoc1C(=O)N1CC[C@H]2OCCC[C@@]2(COc2cccnc2)C1. The molecule has 138 valence electrons. The van der Waals surface area contributed by atoms with Crippen LogP contribution < -0.4 is 4.74 Å². The normalized spacial score (nSPS) is 25.6. The molecule has 0 N–H and O–H groups in total. The van der Waals surface area contributed by atoms with Gasteiger partial charge in [0, 0.05) is 36.9 Å². The number of nitrogens with zero attached hydrogens (tertiary/aromatic N) is 2. The number of ether oxygens (including phenoxy) is 2. The van der Waals surface area contributed by atoms with Crippen molar-refractivity contribution in [1.82, 2.24) is 9.88 Å². The summed E-state index contributed by atoms with van der Waals surface area (Å²) in [5.41, 5.74) is 0.681. The van der Waals surface area contributed by atoms with E-state index in [-0.39, 0.29) is 17.4 Å². The second kappa shape index (κ2) is 7.11. The number of fused-ring (bicyclic) bond motifs is 1. The number of hydrogen-bond acceptors (Lipinski definition) is 5. The number of furan rings is 1. The lowest BCUT2D eigenvalue weighted by Gasteiger charge is -2.50. The molecule has 6 nitrogen and oxygen atoms in total. The van der Waals surface area contributed by atoms with Crippen LogP contribution in [0.15, 0.2) is 41.3 Å². The molecule has 2 atom stereocenters. The quantitative estimate of drug-likeness (QED) is 0.842. The number of pyridine rings is 1. The van der Waals surface area contributed by atoms with Crippen LogP contribution in [0.5, 0.6) is 5.75 Å². The molecule has 2 aliphatic heterocycles. The minimum atomic E-state index is -0.192. The average molecular weight is 356 g/mol. The van der Waals surface area contributed by atoms with Crippen LogP contribution in [0.2, 0.25) is 0 Å². The number of aromatic nitrogens is 1. The lowest BCUT2D eigenvalue weighted by Crippen LogP contribution is -2.58. The summed E-state index contributed by atoms with van der Waals surface area (Å²) in [6.07, 6.45) is 7.92. The molecule has 0 spiro atoms. The molecule has 0 aromatic carbocycles. The van der Waals surface area contributed by atoms with E-state index in [0.717, 1.165) is 37.2 Å². The van der Waals surface area contributed by atoms with Gasteiger partial charge in [0.2, 0.25) is 0 Å². The highest BCUT2D eigenvalue weighted by molar-refractivity contribution is 5.93. The number of carbonyl (C=O) groups is 1. The molecule has 2 saturated heterocycles. The fourth-order valence-electron chi connectivity index (χ4n) is 4.07. The van der Waals surface area contributed by atoms with Crippen molar-refractivity contribution in [2.75, 3.05) is 26.3 Å². The number of carbonyl (C=O) groups excluding carboxylic acids is 1. The molecule has 4 rings (SSSR count). The fraction of sp³-hybridized carbons (Fsp3) is 0.500. The van der Waals surface area contributed by atoms with Gasteiger partial charge >= 0.3 is 0 Å². The minimum Gasteiger partial charge on any atom is -0.491 e. The zero-order chi connectivity index (χ0) is 18.0. The molecule has 26 heavy (non-hydrogen) atoms. The van der Waals surface area contributed by atoms with Gasteiger partial charge in [0.1, 0.15) is 5.75 Å². The molecule has 0 bridgehead atoms. The first kappa shape index (κ1) is 17.1. The highest BCUT2D eigenvalue weighted by atomic mass is 16.5. The minimum absolute atomic E-state index is 0.0442. The predicted octanol–water partition coefficient (Wildman–Crippen LogP) is 3.07. The maximum atomic E-state index is 12.9. The lowest BCUT2D eigenvalue weighted by molar-refractivity contribution is -0.133. The Bertz CT molecular complexity index is 760. The lowest BCUT2D eigenvalue weighted by atomic mass is 9.73. The van der Waals surface area contributed by atoms with E-state index in [9.17, 15) is 4.79 Å². The Kier molecular flexibility index (Phi) is 4.68. The average Bonchev–Trinajstić information content (AvgIpc) is 3.12. The number of likely N-dealkylation sites (tertiary alicyclic amines) is 1. The highest BCUT2D eigenvalue weighted by Gasteiger charge is 2.48. The van der Waals surface area contributed by atoms with Crippen molar-refractivity contribution in [2.24, 2.45) is 5.41 Å². The molecule has 0 radical (unpaired) electrons. The van der Waals surface area contributed by atoms with Crippen LogP contribution in [0.3, 0.4) is 0 Å². The molecule has 6 heteroatoms. The summed E-state index contributed by atoms with van der Waals surface area (Å²) in [6, 6.07) is 5.59. The van der Waals surface area contributed by atoms with Gasteiger partial charge in [0.15, 0.2) is 5.76 Å². The van der Waals surface area contributed by atoms with E-state index in [4.69, 9.17) is 13.9 Å². The zero-order valence-electron chi connectivity index (χ0n) is 15.0. The van der Waals surface area contributed by atoms with Crippen LogP contribution in [0, 0.1) is 12.3 Å². The van der Waals surface area contributed by atoms with Crippen molar-refractivity contribution < 1.29 is 18.7 Å². The van der Waals surface area contributed by atoms with Gasteiger partial charge in [-0.05, 0) is 44.4 Å². The van der Waals surface area contributed by atoms with E-state index < -0.39 is 0 Å². The molecule has 2 aliphatic rings. The second-order valence-electron chi connectivity index (χ2n) is 7.25. The number of hydrogen-bond donors (Lipinski definition) is 0. The van der Waals surface area contributed by atoms with Crippen molar-refractivity contribution in [3.63, 3.8) is 0 Å². The first-order valence-electron chi connectivity index (χ1n) is 9.16. The third-order valence-electron chi connectivity index (χ3n) is 5.49. The third-order valence-corrected chi connectivity index (χ3v) is 5.49. The standard InChI is InChI=1S/C20H24N2O4/c1-15-6-11-25-18(15)19(23)22-9-5-17-20(13-22,7-3-10-24-17)14-26-16-4-2-8-21-12-16/h2,4,6,8,11-12,17H,3,5,7,9-10,13-14H2,1H3/t17-,20+/m1/s1. The van der Waals surface area contributed by atoms with Crippen molar-refractivity contribution in [3.05, 3.63) is 48.2 Å². The molecule has 0 saturated carbocycles. The number of rotatable bonds is 4. The van der Waals surface area contributed by atoms with Gasteiger partial charge in [-0.1, -0.05) is 0 Å². The Hall–Kier alpha value is -2.34. The third kappa shape index (κ3) is 3.21. The van der Waals surface area contributed by atoms with Crippen molar-refractivity contribution >= 4 is 5.91 Å². The molecule has 0 unspecified atom stereocenters. The van der Waals surface area contributed by atoms with E-state index in [1.165, 1.54) is 0 Å². The number of amides is 1. The maximum Gasteiger partial charge on any atom is 0.289 e. The van der Waals surface area contributed by atoms with Crippen LogP contribution in [-0.2, 0) is 4.74 Å². The van der Waals surface area contributed by atoms with Crippen LogP contribution in [-0.4, -0.2) is 48.2 Å². The monoisotopic (exact) mass is 356 g/mol. The van der Waals surface area contributed by atoms with E-state index in [2.05, 4.69) is 4.98 Å². The summed E-state index contributed by atoms with van der Waals surface area (Å²) in [4.78, 5) is 18.9. The van der Waals surface area contributed by atoms with Gasteiger partial charge in [0.25, 0.3) is 5.91 Å². The van der Waals surface area contributed by atoms with E-state index in [1.54, 1.807) is 18.7 Å². The van der Waals surface area contributed by atoms with Crippen molar-refractivity contribution in [3.8, 4) is 5.75 Å². The number of aryl methyl sites for hydroxylation is 1.